The van der Waals surface area contributed by atoms with Gasteiger partial charge in [-0.2, -0.15) is 0 Å². The smallest absolute Gasteiger partial charge is 0.211 e. The number of hydrogen-bond acceptors (Lipinski definition) is 3. The Labute approximate surface area is 106 Å². The molecule has 0 aromatic carbocycles. The van der Waals surface area contributed by atoms with E-state index in [2.05, 4.69) is 10.0 Å². The molecule has 1 atom stereocenters. The summed E-state index contributed by atoms with van der Waals surface area (Å²) < 4.78 is 26.4. The van der Waals surface area contributed by atoms with Crippen molar-refractivity contribution in [2.75, 3.05) is 12.3 Å². The largest absolute Gasteiger partial charge is 0.314 e. The average molecular weight is 262 g/mol. The minimum absolute atomic E-state index is 0.0381. The van der Waals surface area contributed by atoms with Crippen molar-refractivity contribution in [3.8, 4) is 0 Å². The Morgan fingerprint density at radius 2 is 1.88 bits per heavy atom. The van der Waals surface area contributed by atoms with E-state index in [9.17, 15) is 8.42 Å². The SMILES string of the molecule is CC(NS(=O)(=O)CCCNC1CC1)C(C)(C)C. The second-order valence-electron chi connectivity index (χ2n) is 6.11. The van der Waals surface area contributed by atoms with Crippen molar-refractivity contribution in [1.29, 1.82) is 0 Å². The van der Waals surface area contributed by atoms with Crippen LogP contribution in [0.25, 0.3) is 0 Å². The van der Waals surface area contributed by atoms with Crippen LogP contribution < -0.4 is 10.0 Å². The highest BCUT2D eigenvalue weighted by atomic mass is 32.2. The molecule has 1 fully saturated rings. The Kier molecular flexibility index (Phi) is 4.98. The Morgan fingerprint density at radius 1 is 1.29 bits per heavy atom. The van der Waals surface area contributed by atoms with Crippen LogP contribution in [0.5, 0.6) is 0 Å². The highest BCUT2D eigenvalue weighted by Gasteiger charge is 2.25. The third kappa shape index (κ3) is 6.38. The maximum atomic E-state index is 11.8. The Balaban J connectivity index is 2.24. The first kappa shape index (κ1) is 14.9. The highest BCUT2D eigenvalue weighted by Crippen LogP contribution is 2.19. The van der Waals surface area contributed by atoms with Gasteiger partial charge >= 0.3 is 0 Å². The molecule has 0 amide bonds. The zero-order valence-electron chi connectivity index (χ0n) is 11.4. The maximum Gasteiger partial charge on any atom is 0.211 e. The summed E-state index contributed by atoms with van der Waals surface area (Å²) in [6.07, 6.45) is 3.17. The fourth-order valence-electron chi connectivity index (χ4n) is 1.36. The molecule has 0 radical (unpaired) electrons. The third-order valence-corrected chi connectivity index (χ3v) is 4.79. The van der Waals surface area contributed by atoms with Crippen LogP contribution in [-0.2, 0) is 10.0 Å². The van der Waals surface area contributed by atoms with Crippen LogP contribution in [-0.4, -0.2) is 32.8 Å². The molecule has 1 aliphatic rings. The fraction of sp³-hybridized carbons (Fsp3) is 1.00. The first-order chi connectivity index (χ1) is 7.71. The van der Waals surface area contributed by atoms with E-state index in [-0.39, 0.29) is 17.2 Å². The minimum atomic E-state index is -3.13. The lowest BCUT2D eigenvalue weighted by Gasteiger charge is -2.27. The minimum Gasteiger partial charge on any atom is -0.314 e. The summed E-state index contributed by atoms with van der Waals surface area (Å²) in [4.78, 5) is 0. The predicted molar refractivity (Wildman–Crippen MR) is 71.5 cm³/mol. The molecular formula is C12H26N2O2S. The van der Waals surface area contributed by atoms with E-state index < -0.39 is 10.0 Å². The van der Waals surface area contributed by atoms with Gasteiger partial charge in [0.1, 0.15) is 0 Å². The third-order valence-electron chi connectivity index (χ3n) is 3.26. The van der Waals surface area contributed by atoms with Gasteiger partial charge in [0.2, 0.25) is 10.0 Å². The lowest BCUT2D eigenvalue weighted by atomic mass is 9.89. The monoisotopic (exact) mass is 262 g/mol. The van der Waals surface area contributed by atoms with Gasteiger partial charge in [0.05, 0.1) is 5.75 Å². The zero-order valence-corrected chi connectivity index (χ0v) is 12.2. The first-order valence-corrected chi connectivity index (χ1v) is 8.09. The van der Waals surface area contributed by atoms with Gasteiger partial charge in [0, 0.05) is 12.1 Å². The summed E-state index contributed by atoms with van der Waals surface area (Å²) in [5.41, 5.74) is -0.0423. The molecule has 2 N–H and O–H groups in total. The quantitative estimate of drug-likeness (QED) is 0.683. The lowest BCUT2D eigenvalue weighted by molar-refractivity contribution is 0.317. The van der Waals surface area contributed by atoms with Gasteiger partial charge in [-0.15, -0.1) is 0 Å². The van der Waals surface area contributed by atoms with Crippen LogP contribution in [0, 0.1) is 5.41 Å². The number of nitrogens with one attached hydrogen (secondary N) is 2. The van der Waals surface area contributed by atoms with Crippen molar-refractivity contribution in [1.82, 2.24) is 10.0 Å². The molecule has 1 rings (SSSR count). The molecule has 1 saturated carbocycles. The number of sulfonamides is 1. The molecule has 1 unspecified atom stereocenters. The van der Waals surface area contributed by atoms with E-state index in [1.54, 1.807) is 0 Å². The summed E-state index contributed by atoms with van der Waals surface area (Å²) in [5.74, 6) is 0.215. The van der Waals surface area contributed by atoms with Crippen molar-refractivity contribution in [3.05, 3.63) is 0 Å². The highest BCUT2D eigenvalue weighted by molar-refractivity contribution is 7.89. The summed E-state index contributed by atoms with van der Waals surface area (Å²) in [6.45, 7) is 8.83. The lowest BCUT2D eigenvalue weighted by Crippen LogP contribution is -2.42. The number of rotatable bonds is 7. The Hall–Kier alpha value is -0.130. The van der Waals surface area contributed by atoms with Gasteiger partial charge in [-0.25, -0.2) is 13.1 Å². The molecular weight excluding hydrogens is 236 g/mol. The van der Waals surface area contributed by atoms with Crippen molar-refractivity contribution >= 4 is 10.0 Å². The van der Waals surface area contributed by atoms with Crippen LogP contribution in [0.3, 0.4) is 0 Å². The molecule has 0 aliphatic heterocycles. The second-order valence-corrected chi connectivity index (χ2v) is 7.98. The van der Waals surface area contributed by atoms with Gasteiger partial charge < -0.3 is 5.32 Å². The standard InChI is InChI=1S/C12H26N2O2S/c1-10(12(2,3)4)14-17(15,16)9-5-8-13-11-6-7-11/h10-11,13-14H,5-9H2,1-4H3. The van der Waals surface area contributed by atoms with E-state index >= 15 is 0 Å². The molecule has 0 heterocycles. The molecule has 0 bridgehead atoms. The zero-order chi connectivity index (χ0) is 13.1. The van der Waals surface area contributed by atoms with Crippen LogP contribution in [0.4, 0.5) is 0 Å². The normalized spacial score (nSPS) is 19.3. The van der Waals surface area contributed by atoms with Crippen molar-refractivity contribution in [2.45, 2.75) is 59.0 Å². The summed E-state index contributed by atoms with van der Waals surface area (Å²) in [5, 5.41) is 3.32. The summed E-state index contributed by atoms with van der Waals surface area (Å²) >= 11 is 0. The molecule has 0 spiro atoms. The predicted octanol–water partition coefficient (Wildman–Crippen LogP) is 1.48. The molecule has 5 heteroatoms. The number of hydrogen-bond donors (Lipinski definition) is 2. The van der Waals surface area contributed by atoms with Gasteiger partial charge in [0.25, 0.3) is 0 Å². The Bertz CT molecular complexity index is 329. The van der Waals surface area contributed by atoms with E-state index in [1.165, 1.54) is 12.8 Å². The second kappa shape index (κ2) is 5.67. The van der Waals surface area contributed by atoms with E-state index in [1.807, 2.05) is 27.7 Å². The van der Waals surface area contributed by atoms with Crippen LogP contribution in [0.15, 0.2) is 0 Å². The molecule has 0 saturated heterocycles. The van der Waals surface area contributed by atoms with Crippen LogP contribution in [0.2, 0.25) is 0 Å². The van der Waals surface area contributed by atoms with E-state index in [0.29, 0.717) is 12.5 Å². The maximum absolute atomic E-state index is 11.8. The van der Waals surface area contributed by atoms with Gasteiger partial charge in [-0.05, 0) is 38.1 Å². The van der Waals surface area contributed by atoms with Crippen molar-refractivity contribution in [3.63, 3.8) is 0 Å². The van der Waals surface area contributed by atoms with Crippen molar-refractivity contribution < 1.29 is 8.42 Å². The van der Waals surface area contributed by atoms with Crippen LogP contribution in [0.1, 0.15) is 47.0 Å². The molecule has 4 nitrogen and oxygen atoms in total. The molecule has 1 aliphatic carbocycles. The van der Waals surface area contributed by atoms with Crippen LogP contribution >= 0.6 is 0 Å². The average Bonchev–Trinajstić information content (AvgIpc) is 2.93. The molecule has 0 aromatic heterocycles. The molecule has 102 valence electrons. The van der Waals surface area contributed by atoms with Gasteiger partial charge in [-0.3, -0.25) is 0 Å². The van der Waals surface area contributed by atoms with Crippen molar-refractivity contribution in [2.24, 2.45) is 5.41 Å². The fourth-order valence-corrected chi connectivity index (χ4v) is 2.90. The van der Waals surface area contributed by atoms with Gasteiger partial charge in [-0.1, -0.05) is 20.8 Å². The van der Waals surface area contributed by atoms with E-state index in [4.69, 9.17) is 0 Å². The molecule has 0 aromatic rings. The first-order valence-electron chi connectivity index (χ1n) is 6.44. The topological polar surface area (TPSA) is 58.2 Å². The summed E-state index contributed by atoms with van der Waals surface area (Å²) in [7, 11) is -3.13. The Morgan fingerprint density at radius 3 is 2.35 bits per heavy atom. The molecule has 17 heavy (non-hydrogen) atoms. The van der Waals surface area contributed by atoms with E-state index in [0.717, 1.165) is 6.54 Å². The summed E-state index contributed by atoms with van der Waals surface area (Å²) in [6, 6.07) is 0.614. The van der Waals surface area contributed by atoms with Gasteiger partial charge in [0.15, 0.2) is 0 Å².